The van der Waals surface area contributed by atoms with Gasteiger partial charge in [-0.1, -0.05) is 6.08 Å². The molecule has 15 heavy (non-hydrogen) atoms. The van der Waals surface area contributed by atoms with Gasteiger partial charge in [-0.05, 0) is 29.8 Å². The number of hydrogen-bond acceptors (Lipinski definition) is 3. The van der Waals surface area contributed by atoms with Crippen LogP contribution in [0.5, 0.6) is 0 Å². The number of carbonyl (C=O) groups excluding carboxylic acids is 1. The molecule has 4 nitrogen and oxygen atoms in total. The molecule has 1 aromatic rings. The van der Waals surface area contributed by atoms with E-state index < -0.39 is 0 Å². The van der Waals surface area contributed by atoms with Gasteiger partial charge in [0, 0.05) is 6.54 Å². The van der Waals surface area contributed by atoms with Crippen LogP contribution < -0.4 is 0 Å². The maximum Gasteiger partial charge on any atom is 0.356 e. The number of carbonyl (C=O) groups is 1. The average molecular weight is 273 g/mol. The van der Waals surface area contributed by atoms with Crippen LogP contribution in [0.15, 0.2) is 17.4 Å². The van der Waals surface area contributed by atoms with Gasteiger partial charge in [0.05, 0.1) is 12.3 Å². The standard InChI is InChI=1S/C10H13BrN2O2/c1-4-6-13-8(9(14)15-5-2)7(3)12-10(13)11/h4H,1,5-6H2,2-3H3. The number of rotatable bonds is 4. The summed E-state index contributed by atoms with van der Waals surface area (Å²) in [5.41, 5.74) is 1.13. The Morgan fingerprint density at radius 2 is 2.40 bits per heavy atom. The highest BCUT2D eigenvalue weighted by Gasteiger charge is 2.19. The first-order valence-electron chi connectivity index (χ1n) is 4.62. The third kappa shape index (κ3) is 2.47. The molecule has 0 bridgehead atoms. The van der Waals surface area contributed by atoms with Crippen molar-refractivity contribution in [3.63, 3.8) is 0 Å². The van der Waals surface area contributed by atoms with Crippen molar-refractivity contribution >= 4 is 21.9 Å². The third-order valence-electron chi connectivity index (χ3n) is 1.88. The Morgan fingerprint density at radius 1 is 1.73 bits per heavy atom. The van der Waals surface area contributed by atoms with Gasteiger partial charge in [0.25, 0.3) is 0 Å². The summed E-state index contributed by atoms with van der Waals surface area (Å²) in [7, 11) is 0. The summed E-state index contributed by atoms with van der Waals surface area (Å²) in [6.07, 6.45) is 1.70. The highest BCUT2D eigenvalue weighted by molar-refractivity contribution is 9.10. The zero-order valence-corrected chi connectivity index (χ0v) is 10.4. The molecule has 0 spiro atoms. The number of nitrogens with zero attached hydrogens (tertiary/aromatic N) is 2. The van der Waals surface area contributed by atoms with Crippen LogP contribution in [-0.2, 0) is 11.3 Å². The lowest BCUT2D eigenvalue weighted by atomic mass is 10.3. The lowest BCUT2D eigenvalue weighted by molar-refractivity contribution is 0.0513. The van der Waals surface area contributed by atoms with Gasteiger partial charge >= 0.3 is 5.97 Å². The van der Waals surface area contributed by atoms with E-state index in [2.05, 4.69) is 27.5 Å². The van der Waals surface area contributed by atoms with Crippen molar-refractivity contribution in [2.24, 2.45) is 0 Å². The number of allylic oxidation sites excluding steroid dienone is 1. The Morgan fingerprint density at radius 3 is 2.93 bits per heavy atom. The molecule has 0 atom stereocenters. The normalized spacial score (nSPS) is 10.1. The van der Waals surface area contributed by atoms with Crippen LogP contribution in [0, 0.1) is 6.92 Å². The summed E-state index contributed by atoms with van der Waals surface area (Å²) < 4.78 is 7.29. The van der Waals surface area contributed by atoms with E-state index in [0.29, 0.717) is 29.3 Å². The molecule has 0 aliphatic carbocycles. The molecule has 1 aromatic heterocycles. The largest absolute Gasteiger partial charge is 0.461 e. The van der Waals surface area contributed by atoms with E-state index in [4.69, 9.17) is 4.74 Å². The summed E-state index contributed by atoms with van der Waals surface area (Å²) in [5, 5.41) is 0. The zero-order chi connectivity index (χ0) is 11.4. The monoisotopic (exact) mass is 272 g/mol. The topological polar surface area (TPSA) is 44.1 Å². The molecular formula is C10H13BrN2O2. The maximum absolute atomic E-state index is 11.6. The quantitative estimate of drug-likeness (QED) is 0.624. The van der Waals surface area contributed by atoms with Gasteiger partial charge in [0.15, 0.2) is 10.4 Å². The van der Waals surface area contributed by atoms with Crippen LogP contribution in [0.3, 0.4) is 0 Å². The van der Waals surface area contributed by atoms with Crippen LogP contribution in [0.2, 0.25) is 0 Å². The Kier molecular flexibility index (Phi) is 4.08. The van der Waals surface area contributed by atoms with Gasteiger partial charge in [-0.2, -0.15) is 0 Å². The summed E-state index contributed by atoms with van der Waals surface area (Å²) in [4.78, 5) is 15.8. The van der Waals surface area contributed by atoms with Crippen LogP contribution in [-0.4, -0.2) is 22.1 Å². The van der Waals surface area contributed by atoms with Crippen molar-refractivity contribution in [1.82, 2.24) is 9.55 Å². The predicted octanol–water partition coefficient (Wildman–Crippen LogP) is 2.32. The third-order valence-corrected chi connectivity index (χ3v) is 2.48. The molecule has 0 aliphatic rings. The molecule has 0 fully saturated rings. The van der Waals surface area contributed by atoms with Crippen molar-refractivity contribution in [2.45, 2.75) is 20.4 Å². The Hall–Kier alpha value is -1.10. The van der Waals surface area contributed by atoms with Gasteiger partial charge in [-0.15, -0.1) is 6.58 Å². The van der Waals surface area contributed by atoms with E-state index in [1.165, 1.54) is 0 Å². The van der Waals surface area contributed by atoms with Crippen LogP contribution >= 0.6 is 15.9 Å². The van der Waals surface area contributed by atoms with Crippen molar-refractivity contribution in [1.29, 1.82) is 0 Å². The first-order valence-corrected chi connectivity index (χ1v) is 5.41. The summed E-state index contributed by atoms with van der Waals surface area (Å²) in [6.45, 7) is 8.06. The number of aromatic nitrogens is 2. The predicted molar refractivity (Wildman–Crippen MR) is 60.8 cm³/mol. The van der Waals surface area contributed by atoms with Crippen molar-refractivity contribution in [3.05, 3.63) is 28.8 Å². The summed E-state index contributed by atoms with van der Waals surface area (Å²) >= 11 is 3.28. The minimum Gasteiger partial charge on any atom is -0.461 e. The minimum atomic E-state index is -0.352. The van der Waals surface area contributed by atoms with Gasteiger partial charge in [-0.25, -0.2) is 9.78 Å². The van der Waals surface area contributed by atoms with Gasteiger partial charge < -0.3 is 9.30 Å². The molecule has 1 rings (SSSR count). The minimum absolute atomic E-state index is 0.352. The molecular weight excluding hydrogens is 260 g/mol. The SMILES string of the molecule is C=CCn1c(Br)nc(C)c1C(=O)OCC. The molecule has 0 unspecified atom stereocenters. The molecule has 0 saturated heterocycles. The average Bonchev–Trinajstić information content (AvgIpc) is 2.43. The molecule has 0 N–H and O–H groups in total. The summed E-state index contributed by atoms with van der Waals surface area (Å²) in [6, 6.07) is 0. The fraction of sp³-hybridized carbons (Fsp3) is 0.400. The Labute approximate surface area is 97.1 Å². The fourth-order valence-electron chi connectivity index (χ4n) is 1.29. The molecule has 0 radical (unpaired) electrons. The molecule has 0 aliphatic heterocycles. The van der Waals surface area contributed by atoms with E-state index in [-0.39, 0.29) is 5.97 Å². The molecule has 5 heteroatoms. The van der Waals surface area contributed by atoms with Gasteiger partial charge in [0.2, 0.25) is 0 Å². The smallest absolute Gasteiger partial charge is 0.356 e. The highest BCUT2D eigenvalue weighted by Crippen LogP contribution is 2.17. The van der Waals surface area contributed by atoms with E-state index >= 15 is 0 Å². The second kappa shape index (κ2) is 5.11. The van der Waals surface area contributed by atoms with Crippen LogP contribution in [0.4, 0.5) is 0 Å². The number of hydrogen-bond donors (Lipinski definition) is 0. The molecule has 0 saturated carbocycles. The van der Waals surface area contributed by atoms with E-state index in [1.807, 2.05) is 0 Å². The van der Waals surface area contributed by atoms with E-state index in [0.717, 1.165) is 0 Å². The number of ether oxygens (including phenoxy) is 1. The molecule has 82 valence electrons. The first-order chi connectivity index (χ1) is 7.11. The molecule has 0 aromatic carbocycles. The van der Waals surface area contributed by atoms with E-state index in [9.17, 15) is 4.79 Å². The Balaban J connectivity index is 3.13. The second-order valence-corrected chi connectivity index (χ2v) is 3.64. The number of halogens is 1. The molecule has 0 amide bonds. The van der Waals surface area contributed by atoms with Crippen molar-refractivity contribution < 1.29 is 9.53 Å². The molecule has 1 heterocycles. The zero-order valence-electron chi connectivity index (χ0n) is 8.79. The number of aryl methyl sites for hydroxylation is 1. The lowest BCUT2D eigenvalue weighted by Crippen LogP contribution is -2.13. The second-order valence-electron chi connectivity index (χ2n) is 2.93. The highest BCUT2D eigenvalue weighted by atomic mass is 79.9. The van der Waals surface area contributed by atoms with Gasteiger partial charge in [-0.3, -0.25) is 0 Å². The lowest BCUT2D eigenvalue weighted by Gasteiger charge is -2.06. The van der Waals surface area contributed by atoms with Crippen molar-refractivity contribution in [3.8, 4) is 0 Å². The van der Waals surface area contributed by atoms with Crippen LogP contribution in [0.25, 0.3) is 0 Å². The maximum atomic E-state index is 11.6. The van der Waals surface area contributed by atoms with Crippen LogP contribution in [0.1, 0.15) is 23.1 Å². The number of esters is 1. The van der Waals surface area contributed by atoms with Gasteiger partial charge in [0.1, 0.15) is 0 Å². The summed E-state index contributed by atoms with van der Waals surface area (Å²) in [5.74, 6) is -0.352. The Bertz CT molecular complexity index is 385. The fourth-order valence-corrected chi connectivity index (χ4v) is 1.88. The first kappa shape index (κ1) is 12.0. The van der Waals surface area contributed by atoms with Crippen molar-refractivity contribution in [2.75, 3.05) is 6.61 Å². The van der Waals surface area contributed by atoms with E-state index in [1.54, 1.807) is 24.5 Å². The number of imidazole rings is 1.